The average Bonchev–Trinajstić information content (AvgIpc) is 1.62. The van der Waals surface area contributed by atoms with Gasteiger partial charge < -0.3 is 54.4 Å². The molecule has 12 aromatic rings. The zero-order chi connectivity index (χ0) is 96.3. The predicted octanol–water partition coefficient (Wildman–Crippen LogP) is 14.9. The van der Waals surface area contributed by atoms with Crippen molar-refractivity contribution in [2.45, 2.75) is 320 Å². The Balaban J connectivity index is 0.000000137. The molecular formula is C95H131N27O12S. The van der Waals surface area contributed by atoms with Crippen molar-refractivity contribution in [3.63, 3.8) is 0 Å². The molecule has 0 aromatic carbocycles. The maximum Gasteiger partial charge on any atom is 0.298 e. The second kappa shape index (κ2) is 46.6. The number of ether oxygens (including phenoxy) is 1. The fourth-order valence-electron chi connectivity index (χ4n) is 19.2. The van der Waals surface area contributed by atoms with Crippen molar-refractivity contribution in [1.29, 1.82) is 0 Å². The van der Waals surface area contributed by atoms with E-state index < -0.39 is 11.1 Å². The van der Waals surface area contributed by atoms with Gasteiger partial charge in [0.1, 0.15) is 17.5 Å². The van der Waals surface area contributed by atoms with Gasteiger partial charge in [0.2, 0.25) is 23.8 Å². The van der Waals surface area contributed by atoms with Crippen molar-refractivity contribution in [2.75, 3.05) is 34.9 Å². The van der Waals surface area contributed by atoms with E-state index in [-0.39, 0.29) is 91.1 Å². The summed E-state index contributed by atoms with van der Waals surface area (Å²) in [6.07, 6.45) is 37.2. The standard InChI is InChI=1S/C18H23N5O2.C16H22N4O3.C16H22N4O2S.C15H21N5O2.C15H23N5O.C15H20N4O2/c1-4-11(2)19-18-20-14-16(21-15(12(3)24)22-17(14)25)23(18)10-13-8-6-5-7-9-13;2*1-3-23-16-17-12-14(18-13(10(2)21)19-15(12)22)20(16)9-11-7-5-4-6-8-11;1-9-16-13-12(14(22)17-9)19-15(18-10(2)21)20(13)8-11-6-4-3-5-7-11;1-3-16-15-19-12-13(17-10(2)18-14(12)21)20(15)9-11-7-5-4-6-8-11;1-9(20)13-17-14-12(15(21)18-13)16-10(2)19(14)8-11-6-4-3-5-7-11/h13H,1,5-10H2,2-3H3,(H,19,20)(H,21,22,25);2*11H,3-9H2,1-2H3,(H,18,19,22);11H,3-8H2,1-2H3,(H,16,17,22)(H,18,19,21);11H,3-9H2,1-2H3,(H,16,19)(H,17,18,21);11H,3-8H2,1-2H3,(H,17,18,21). The summed E-state index contributed by atoms with van der Waals surface area (Å²) in [5.41, 5.74) is 6.66. The number of amides is 1. The van der Waals surface area contributed by atoms with Crippen LogP contribution in [0.4, 0.5) is 17.8 Å². The van der Waals surface area contributed by atoms with Crippen LogP contribution in [0.1, 0.15) is 315 Å². The van der Waals surface area contributed by atoms with Gasteiger partial charge in [-0.05, 0) is 160 Å². The summed E-state index contributed by atoms with van der Waals surface area (Å²) in [5, 5.41) is 9.94. The van der Waals surface area contributed by atoms with Crippen LogP contribution in [0, 0.1) is 56.3 Å². The number of H-pyrrole nitrogens is 6. The number of ketones is 4. The number of aromatic amines is 6. The van der Waals surface area contributed by atoms with Crippen LogP contribution in [0.15, 0.2) is 51.9 Å². The molecule has 0 radical (unpaired) electrons. The fraction of sp³-hybridized carbons (Fsp3) is 0.600. The molecule has 0 unspecified atom stereocenters. The Morgan fingerprint density at radius 1 is 0.356 bits per heavy atom. The summed E-state index contributed by atoms with van der Waals surface area (Å²) >= 11 is 1.61. The van der Waals surface area contributed by atoms with Gasteiger partial charge in [-0.1, -0.05) is 141 Å². The first-order chi connectivity index (χ1) is 65.0. The molecule has 0 aliphatic heterocycles. The second-order valence-electron chi connectivity index (χ2n) is 36.7. The third-order valence-electron chi connectivity index (χ3n) is 26.1. The number of thioether (sulfide) groups is 1. The summed E-state index contributed by atoms with van der Waals surface area (Å²) in [6, 6.07) is 0.409. The first-order valence-corrected chi connectivity index (χ1v) is 49.3. The van der Waals surface area contributed by atoms with E-state index in [1.54, 1.807) is 18.7 Å². The number of aryl methyl sites for hydroxylation is 3. The van der Waals surface area contributed by atoms with Crippen LogP contribution in [0.3, 0.4) is 0 Å². The molecule has 6 aliphatic carbocycles. The van der Waals surface area contributed by atoms with E-state index in [4.69, 9.17) is 4.74 Å². The molecule has 18 rings (SSSR count). The van der Waals surface area contributed by atoms with Crippen LogP contribution in [-0.4, -0.2) is 165 Å². The van der Waals surface area contributed by atoms with E-state index in [0.29, 0.717) is 128 Å². The van der Waals surface area contributed by atoms with Crippen LogP contribution >= 0.6 is 11.8 Å². The van der Waals surface area contributed by atoms with Gasteiger partial charge in [0, 0.05) is 80.4 Å². The van der Waals surface area contributed by atoms with Gasteiger partial charge in [0.15, 0.2) is 119 Å². The smallest absolute Gasteiger partial charge is 0.298 e. The lowest BCUT2D eigenvalue weighted by atomic mass is 9.89. The molecule has 0 saturated heterocycles. The number of nitrogens with one attached hydrogen (secondary N) is 9. The van der Waals surface area contributed by atoms with Crippen LogP contribution in [-0.2, 0) is 44.1 Å². The number of hydrogen-bond acceptors (Lipinski definition) is 27. The minimum atomic E-state index is -0.402. The number of carbonyl (C=O) groups excluding carboxylic acids is 5. The van der Waals surface area contributed by atoms with Crippen molar-refractivity contribution in [3.05, 3.63) is 121 Å². The van der Waals surface area contributed by atoms with Gasteiger partial charge in [-0.2, -0.15) is 4.98 Å². The number of fused-ring (bicyclic) bond motifs is 6. The normalized spacial score (nSPS) is 16.0. The Kier molecular flexibility index (Phi) is 34.5. The molecule has 6 fully saturated rings. The molecule has 40 heteroatoms. The van der Waals surface area contributed by atoms with Crippen molar-refractivity contribution in [2.24, 2.45) is 35.5 Å². The summed E-state index contributed by atoms with van der Waals surface area (Å²) < 4.78 is 17.4. The molecule has 1 amide bonds. The van der Waals surface area contributed by atoms with E-state index in [1.807, 2.05) is 57.5 Å². The molecule has 9 N–H and O–H groups in total. The number of carbonyl (C=O) groups is 5. The quantitative estimate of drug-likeness (QED) is 0.0146. The maximum atomic E-state index is 12.3. The zero-order valence-corrected chi connectivity index (χ0v) is 80.9. The summed E-state index contributed by atoms with van der Waals surface area (Å²) in [5.74, 6) is 7.15. The monoisotopic (exact) mass is 1870 g/mol. The topological polar surface area (TPSA) is 512 Å². The number of aromatic nitrogens is 24. The third kappa shape index (κ3) is 25.2. The number of allylic oxidation sites excluding steroid dienone is 1. The van der Waals surface area contributed by atoms with Crippen LogP contribution in [0.25, 0.3) is 67.0 Å². The predicted molar refractivity (Wildman–Crippen MR) is 521 cm³/mol. The molecule has 6 saturated carbocycles. The lowest BCUT2D eigenvalue weighted by molar-refractivity contribution is -0.114. The van der Waals surface area contributed by atoms with Gasteiger partial charge in [0.05, 0.1) is 12.3 Å². The number of Topliss-reactive ketones (excluding diaryl/α,β-unsaturated/α-hetero) is 4. The maximum absolute atomic E-state index is 12.3. The highest BCUT2D eigenvalue weighted by atomic mass is 32.2. The molecule has 724 valence electrons. The molecular weight excluding hydrogens is 1740 g/mol. The van der Waals surface area contributed by atoms with E-state index in [2.05, 4.69) is 129 Å². The molecule has 135 heavy (non-hydrogen) atoms. The highest BCUT2D eigenvalue weighted by Gasteiger charge is 2.30. The highest BCUT2D eigenvalue weighted by molar-refractivity contribution is 7.99. The first-order valence-electron chi connectivity index (χ1n) is 48.4. The fourth-order valence-corrected chi connectivity index (χ4v) is 19.9. The van der Waals surface area contributed by atoms with Gasteiger partial charge in [-0.15, -0.1) is 5.73 Å². The van der Waals surface area contributed by atoms with Crippen molar-refractivity contribution in [1.82, 2.24) is 117 Å². The van der Waals surface area contributed by atoms with Gasteiger partial charge >= 0.3 is 0 Å². The molecule has 39 nitrogen and oxygen atoms in total. The van der Waals surface area contributed by atoms with Crippen LogP contribution in [0.5, 0.6) is 6.01 Å². The SMILES string of the molecule is C=C=C(C)Nc1nc2c(=O)[nH]c(C(C)=O)nc2n1CC1CCCCC1.CC(=O)Nc1nc2c(=O)[nH]c(C)nc2n1CC1CCCCC1.CC(=O)c1nc2c(nc(C)n2CC2CCCCC2)c(=O)[nH]1.CCNc1nc2c(=O)[nH]c(C)nc2n1CC1CCCCC1.CCOc1nc2c(=O)[nH]c(C(C)=O)nc2n1CC1CCCCC1.CCSc1nc2c(=O)[nH]c(C(C)=O)nc2n1CC1CCCCC1. The zero-order valence-electron chi connectivity index (χ0n) is 80.1. The summed E-state index contributed by atoms with van der Waals surface area (Å²) in [6.45, 7) is 29.9. The molecule has 12 heterocycles. The van der Waals surface area contributed by atoms with Gasteiger partial charge in [-0.25, -0.2) is 54.8 Å². The number of imidazole rings is 6. The summed E-state index contributed by atoms with van der Waals surface area (Å²) in [7, 11) is 0. The number of hydrogen-bond donors (Lipinski definition) is 9. The lowest BCUT2D eigenvalue weighted by Gasteiger charge is -2.23. The minimum Gasteiger partial charge on any atom is -0.465 e. The highest BCUT2D eigenvalue weighted by Crippen LogP contribution is 2.35. The average molecular weight is 1880 g/mol. The number of nitrogens with zero attached hydrogens (tertiary/aromatic N) is 18. The van der Waals surface area contributed by atoms with E-state index >= 15 is 0 Å². The summed E-state index contributed by atoms with van der Waals surface area (Å²) in [4.78, 5) is 199. The van der Waals surface area contributed by atoms with E-state index in [1.165, 1.54) is 202 Å². The van der Waals surface area contributed by atoms with E-state index in [0.717, 1.165) is 94.2 Å². The molecule has 6 aliphatic rings. The Morgan fingerprint density at radius 2 is 0.644 bits per heavy atom. The van der Waals surface area contributed by atoms with Gasteiger partial charge in [-0.3, -0.25) is 76.3 Å². The Bertz CT molecular complexity index is 6550. The lowest BCUT2D eigenvalue weighted by Crippen LogP contribution is -2.18. The Labute approximate surface area is 784 Å². The largest absolute Gasteiger partial charge is 0.465 e. The number of anilines is 3. The number of rotatable bonds is 25. The molecule has 12 aromatic heterocycles. The molecule has 0 spiro atoms. The van der Waals surface area contributed by atoms with Crippen LogP contribution in [0.2, 0.25) is 0 Å². The van der Waals surface area contributed by atoms with Crippen molar-refractivity contribution in [3.8, 4) is 6.01 Å². The molecule has 0 bridgehead atoms. The Hall–Kier alpha value is -12.5. The van der Waals surface area contributed by atoms with Crippen LogP contribution < -0.4 is 54.0 Å². The minimum absolute atomic E-state index is 0.0600. The molecule has 0 atom stereocenters. The van der Waals surface area contributed by atoms with E-state index in [9.17, 15) is 52.7 Å². The van der Waals surface area contributed by atoms with Crippen molar-refractivity contribution < 1.29 is 28.7 Å². The van der Waals surface area contributed by atoms with Crippen molar-refractivity contribution >= 4 is 126 Å². The Morgan fingerprint density at radius 3 is 0.993 bits per heavy atom. The van der Waals surface area contributed by atoms with Gasteiger partial charge in [0.25, 0.3) is 39.4 Å². The third-order valence-corrected chi connectivity index (χ3v) is 26.9. The first kappa shape index (κ1) is 100.0. The second-order valence-corrected chi connectivity index (χ2v) is 37.9.